The van der Waals surface area contributed by atoms with Crippen LogP contribution in [-0.4, -0.2) is 19.6 Å². The van der Waals surface area contributed by atoms with Gasteiger partial charge in [0.25, 0.3) is 0 Å². The van der Waals surface area contributed by atoms with Gasteiger partial charge in [-0.1, -0.05) is 20.8 Å². The van der Waals surface area contributed by atoms with Crippen molar-refractivity contribution in [2.24, 2.45) is 5.41 Å². The number of benzene rings is 1. The summed E-state index contributed by atoms with van der Waals surface area (Å²) in [5, 5.41) is 2.32. The van der Waals surface area contributed by atoms with E-state index in [1.165, 1.54) is 12.1 Å². The van der Waals surface area contributed by atoms with Gasteiger partial charge in [-0.15, -0.1) is 0 Å². The van der Waals surface area contributed by atoms with Crippen LogP contribution in [0.1, 0.15) is 41.0 Å². The highest BCUT2D eigenvalue weighted by Crippen LogP contribution is 2.21. The maximum absolute atomic E-state index is 12.0. The van der Waals surface area contributed by atoms with Gasteiger partial charge in [0.15, 0.2) is 9.84 Å². The van der Waals surface area contributed by atoms with E-state index in [9.17, 15) is 13.2 Å². The predicted octanol–water partition coefficient (Wildman–Crippen LogP) is 3.24. The fourth-order valence-corrected chi connectivity index (χ4v) is 2.75. The summed E-state index contributed by atoms with van der Waals surface area (Å²) in [6.07, 6.45) is 0.416. The molecule has 0 aromatic heterocycles. The van der Waals surface area contributed by atoms with Crippen LogP contribution in [0.3, 0.4) is 0 Å². The molecule has 1 aromatic carbocycles. The third-order valence-electron chi connectivity index (χ3n) is 2.78. The number of nitrogens with one attached hydrogen (secondary N) is 1. The Labute approximate surface area is 121 Å². The Kier molecular flexibility index (Phi) is 4.97. The van der Waals surface area contributed by atoms with Crippen LogP contribution in [0.15, 0.2) is 29.2 Å². The number of anilines is 1. The SMILES string of the molecule is CC(C)S(=O)(=O)c1ccc(NC(=O)CC(C)(C)C)cc1. The van der Waals surface area contributed by atoms with Crippen LogP contribution < -0.4 is 5.32 Å². The second-order valence-corrected chi connectivity index (χ2v) is 8.91. The van der Waals surface area contributed by atoms with E-state index < -0.39 is 15.1 Å². The first-order valence-corrected chi connectivity index (χ1v) is 8.21. The summed E-state index contributed by atoms with van der Waals surface area (Å²) in [7, 11) is -3.26. The third-order valence-corrected chi connectivity index (χ3v) is 4.95. The molecule has 4 nitrogen and oxygen atoms in total. The first-order valence-electron chi connectivity index (χ1n) is 6.66. The minimum atomic E-state index is -3.26. The van der Waals surface area contributed by atoms with E-state index in [-0.39, 0.29) is 16.2 Å². The van der Waals surface area contributed by atoms with Crippen molar-refractivity contribution in [2.45, 2.75) is 51.2 Å². The lowest BCUT2D eigenvalue weighted by Crippen LogP contribution is -2.19. The summed E-state index contributed by atoms with van der Waals surface area (Å²) >= 11 is 0. The molecule has 0 spiro atoms. The predicted molar refractivity (Wildman–Crippen MR) is 81.5 cm³/mol. The second-order valence-electron chi connectivity index (χ2n) is 6.40. The molecular formula is C15H23NO3S. The van der Waals surface area contributed by atoms with E-state index in [1.807, 2.05) is 20.8 Å². The lowest BCUT2D eigenvalue weighted by atomic mass is 9.92. The topological polar surface area (TPSA) is 63.2 Å². The highest BCUT2D eigenvalue weighted by Gasteiger charge is 2.19. The normalized spacial score (nSPS) is 12.5. The molecule has 0 unspecified atom stereocenters. The third kappa shape index (κ3) is 4.63. The molecule has 1 aromatic rings. The van der Waals surface area contributed by atoms with E-state index in [1.54, 1.807) is 26.0 Å². The zero-order chi connectivity index (χ0) is 15.6. The summed E-state index contributed by atoms with van der Waals surface area (Å²) in [5.74, 6) is -0.0723. The first-order chi connectivity index (χ1) is 9.02. The van der Waals surface area contributed by atoms with Crippen molar-refractivity contribution in [3.05, 3.63) is 24.3 Å². The molecule has 0 fully saturated rings. The number of amides is 1. The minimum absolute atomic E-state index is 0.0723. The van der Waals surface area contributed by atoms with E-state index in [0.717, 1.165) is 0 Å². The highest BCUT2D eigenvalue weighted by molar-refractivity contribution is 7.92. The van der Waals surface area contributed by atoms with E-state index in [0.29, 0.717) is 12.1 Å². The molecule has 112 valence electrons. The minimum Gasteiger partial charge on any atom is -0.326 e. The highest BCUT2D eigenvalue weighted by atomic mass is 32.2. The molecular weight excluding hydrogens is 274 g/mol. The van der Waals surface area contributed by atoms with Gasteiger partial charge in [-0.05, 0) is 43.5 Å². The second kappa shape index (κ2) is 5.95. The molecule has 0 aliphatic carbocycles. The molecule has 0 aliphatic heterocycles. The van der Waals surface area contributed by atoms with Crippen LogP contribution in [-0.2, 0) is 14.6 Å². The lowest BCUT2D eigenvalue weighted by molar-refractivity contribution is -0.117. The molecule has 1 rings (SSSR count). The Hall–Kier alpha value is -1.36. The van der Waals surface area contributed by atoms with Crippen molar-refractivity contribution in [3.8, 4) is 0 Å². The molecule has 0 radical (unpaired) electrons. The van der Waals surface area contributed by atoms with Gasteiger partial charge in [-0.25, -0.2) is 8.42 Å². The maximum atomic E-state index is 12.0. The summed E-state index contributed by atoms with van der Waals surface area (Å²) in [5.41, 5.74) is 0.535. The summed E-state index contributed by atoms with van der Waals surface area (Å²) in [4.78, 5) is 12.1. The van der Waals surface area contributed by atoms with Crippen LogP contribution in [0, 0.1) is 5.41 Å². The Morgan fingerprint density at radius 3 is 2.05 bits per heavy atom. The van der Waals surface area contributed by atoms with Crippen molar-refractivity contribution >= 4 is 21.4 Å². The number of sulfone groups is 1. The molecule has 20 heavy (non-hydrogen) atoms. The molecule has 0 aliphatic rings. The Bertz CT molecular complexity index is 566. The molecule has 0 heterocycles. The van der Waals surface area contributed by atoms with Crippen LogP contribution in [0.25, 0.3) is 0 Å². The van der Waals surface area contributed by atoms with Crippen molar-refractivity contribution in [1.82, 2.24) is 0 Å². The number of rotatable bonds is 4. The molecule has 5 heteroatoms. The average Bonchev–Trinajstić information content (AvgIpc) is 2.26. The molecule has 1 N–H and O–H groups in total. The van der Waals surface area contributed by atoms with E-state index >= 15 is 0 Å². The summed E-state index contributed by atoms with van der Waals surface area (Å²) in [6.45, 7) is 9.27. The van der Waals surface area contributed by atoms with Gasteiger partial charge in [0.1, 0.15) is 0 Å². The van der Waals surface area contributed by atoms with Crippen molar-refractivity contribution in [2.75, 3.05) is 5.32 Å². The zero-order valence-electron chi connectivity index (χ0n) is 12.7. The molecule has 0 saturated carbocycles. The Morgan fingerprint density at radius 2 is 1.65 bits per heavy atom. The zero-order valence-corrected chi connectivity index (χ0v) is 13.5. The smallest absolute Gasteiger partial charge is 0.224 e. The molecule has 0 saturated heterocycles. The van der Waals surface area contributed by atoms with Crippen molar-refractivity contribution < 1.29 is 13.2 Å². The summed E-state index contributed by atoms with van der Waals surface area (Å²) < 4.78 is 23.9. The van der Waals surface area contributed by atoms with Gasteiger partial charge in [0, 0.05) is 12.1 Å². The quantitative estimate of drug-likeness (QED) is 0.928. The first kappa shape index (κ1) is 16.7. The number of carbonyl (C=O) groups excluding carboxylic acids is 1. The number of hydrogen-bond acceptors (Lipinski definition) is 3. The maximum Gasteiger partial charge on any atom is 0.224 e. The van der Waals surface area contributed by atoms with Gasteiger partial charge in [-0.2, -0.15) is 0 Å². The fourth-order valence-electron chi connectivity index (χ4n) is 1.69. The van der Waals surface area contributed by atoms with Gasteiger partial charge in [-0.3, -0.25) is 4.79 Å². The lowest BCUT2D eigenvalue weighted by Gasteiger charge is -2.17. The number of hydrogen-bond donors (Lipinski definition) is 1. The van der Waals surface area contributed by atoms with Gasteiger partial charge >= 0.3 is 0 Å². The fraction of sp³-hybridized carbons (Fsp3) is 0.533. The molecule has 0 atom stereocenters. The van der Waals surface area contributed by atoms with Gasteiger partial charge in [0.2, 0.25) is 5.91 Å². The van der Waals surface area contributed by atoms with Crippen LogP contribution in [0.5, 0.6) is 0 Å². The van der Waals surface area contributed by atoms with Crippen molar-refractivity contribution in [1.29, 1.82) is 0 Å². The number of carbonyl (C=O) groups is 1. The van der Waals surface area contributed by atoms with Gasteiger partial charge in [0.05, 0.1) is 10.1 Å². The molecule has 1 amide bonds. The summed E-state index contributed by atoms with van der Waals surface area (Å²) in [6, 6.07) is 6.30. The van der Waals surface area contributed by atoms with Gasteiger partial charge < -0.3 is 5.32 Å². The van der Waals surface area contributed by atoms with Crippen LogP contribution in [0.2, 0.25) is 0 Å². The van der Waals surface area contributed by atoms with Crippen LogP contribution >= 0.6 is 0 Å². The Balaban J connectivity index is 2.81. The monoisotopic (exact) mass is 297 g/mol. The average molecular weight is 297 g/mol. The largest absolute Gasteiger partial charge is 0.326 e. The van der Waals surface area contributed by atoms with E-state index in [2.05, 4.69) is 5.32 Å². The van der Waals surface area contributed by atoms with E-state index in [4.69, 9.17) is 0 Å². The standard InChI is InChI=1S/C15H23NO3S/c1-11(2)20(18,19)13-8-6-12(7-9-13)16-14(17)10-15(3,4)5/h6-9,11H,10H2,1-5H3,(H,16,17). The molecule has 0 bridgehead atoms. The Morgan fingerprint density at radius 1 is 1.15 bits per heavy atom. The van der Waals surface area contributed by atoms with Crippen molar-refractivity contribution in [3.63, 3.8) is 0 Å². The van der Waals surface area contributed by atoms with Crippen LogP contribution in [0.4, 0.5) is 5.69 Å².